The molecule has 5 heteroatoms. The van der Waals surface area contributed by atoms with Gasteiger partial charge in [-0.15, -0.1) is 0 Å². The summed E-state index contributed by atoms with van der Waals surface area (Å²) in [6.07, 6.45) is 3.07. The van der Waals surface area contributed by atoms with Crippen LogP contribution < -0.4 is 0 Å². The normalized spacial score (nSPS) is 12.7. The lowest BCUT2D eigenvalue weighted by molar-refractivity contribution is 0.170. The van der Waals surface area contributed by atoms with Crippen LogP contribution in [0.2, 0.25) is 10.0 Å². The van der Waals surface area contributed by atoms with Crippen LogP contribution in [-0.4, -0.2) is 14.7 Å². The molecule has 2 rings (SSSR count). The van der Waals surface area contributed by atoms with Crippen LogP contribution in [0.15, 0.2) is 30.7 Å². The number of aryl methyl sites for hydroxylation is 1. The molecule has 1 aromatic heterocycles. The molecule has 0 aliphatic heterocycles. The van der Waals surface area contributed by atoms with Gasteiger partial charge in [0.15, 0.2) is 0 Å². The Hall–Kier alpha value is -1.03. The minimum absolute atomic E-state index is 0.416. The summed E-state index contributed by atoms with van der Waals surface area (Å²) in [4.78, 5) is 3.97. The lowest BCUT2D eigenvalue weighted by Gasteiger charge is -2.12. The monoisotopic (exact) mass is 270 g/mol. The Balaban J connectivity index is 2.21. The second kappa shape index (κ2) is 5.08. The van der Waals surface area contributed by atoms with Crippen LogP contribution in [0.3, 0.4) is 0 Å². The van der Waals surface area contributed by atoms with E-state index in [4.69, 9.17) is 23.2 Å². The summed E-state index contributed by atoms with van der Waals surface area (Å²) in [5.74, 6) is 0. The largest absolute Gasteiger partial charge is 0.386 e. The minimum Gasteiger partial charge on any atom is -0.386 e. The first-order valence-electron chi connectivity index (χ1n) is 5.16. The Labute approximate surface area is 110 Å². The summed E-state index contributed by atoms with van der Waals surface area (Å²) in [5.41, 5.74) is 1.58. The topological polar surface area (TPSA) is 38.0 Å². The highest BCUT2D eigenvalue weighted by molar-refractivity contribution is 6.33. The molecular formula is C12H12Cl2N2O. The molecule has 1 N–H and O–H groups in total. The van der Waals surface area contributed by atoms with Crippen molar-refractivity contribution in [2.75, 3.05) is 0 Å². The van der Waals surface area contributed by atoms with E-state index in [-0.39, 0.29) is 0 Å². The maximum atomic E-state index is 10.1. The molecule has 0 radical (unpaired) electrons. The number of aromatic nitrogens is 2. The van der Waals surface area contributed by atoms with Crippen molar-refractivity contribution in [2.24, 2.45) is 7.05 Å². The van der Waals surface area contributed by atoms with Gasteiger partial charge in [0, 0.05) is 23.5 Å². The Morgan fingerprint density at radius 3 is 2.82 bits per heavy atom. The van der Waals surface area contributed by atoms with Gasteiger partial charge >= 0.3 is 0 Å². The molecule has 0 saturated heterocycles. The smallest absolute Gasteiger partial charge is 0.0996 e. The standard InChI is InChI=1S/C12H12Cl2N2O/c1-16-7-15-6-11(16)12(17)5-8-4-9(13)2-3-10(8)14/h2-4,6-7,12,17H,5H2,1H3. The Kier molecular flexibility index (Phi) is 3.72. The fraction of sp³-hybridized carbons (Fsp3) is 0.250. The van der Waals surface area contributed by atoms with Crippen molar-refractivity contribution in [3.8, 4) is 0 Å². The number of aliphatic hydroxyl groups is 1. The van der Waals surface area contributed by atoms with E-state index < -0.39 is 6.10 Å². The summed E-state index contributed by atoms with van der Waals surface area (Å²) in [5, 5.41) is 11.3. The zero-order chi connectivity index (χ0) is 12.4. The van der Waals surface area contributed by atoms with Crippen LogP contribution in [-0.2, 0) is 13.5 Å². The number of halogens is 2. The van der Waals surface area contributed by atoms with Crippen molar-refractivity contribution < 1.29 is 5.11 Å². The third-order valence-corrected chi connectivity index (χ3v) is 3.22. The molecule has 2 aromatic rings. The van der Waals surface area contributed by atoms with Gasteiger partial charge in [0.2, 0.25) is 0 Å². The third-order valence-electron chi connectivity index (χ3n) is 2.62. The number of nitrogens with zero attached hydrogens (tertiary/aromatic N) is 2. The molecule has 0 fully saturated rings. The highest BCUT2D eigenvalue weighted by Crippen LogP contribution is 2.25. The average molecular weight is 271 g/mol. The van der Waals surface area contributed by atoms with Gasteiger partial charge in [0.25, 0.3) is 0 Å². The lowest BCUT2D eigenvalue weighted by Crippen LogP contribution is -2.06. The van der Waals surface area contributed by atoms with Gasteiger partial charge in [0.1, 0.15) is 0 Å². The first kappa shape index (κ1) is 12.4. The van der Waals surface area contributed by atoms with Crippen molar-refractivity contribution in [1.29, 1.82) is 0 Å². The summed E-state index contributed by atoms with van der Waals surface area (Å²) in [6.45, 7) is 0. The second-order valence-corrected chi connectivity index (χ2v) is 4.73. The van der Waals surface area contributed by atoms with Gasteiger partial charge in [-0.05, 0) is 23.8 Å². The molecule has 0 saturated carbocycles. The number of hydrogen-bond acceptors (Lipinski definition) is 2. The first-order chi connectivity index (χ1) is 8.08. The number of benzene rings is 1. The Morgan fingerprint density at radius 1 is 1.41 bits per heavy atom. The van der Waals surface area contributed by atoms with E-state index in [1.165, 1.54) is 0 Å². The summed E-state index contributed by atoms with van der Waals surface area (Å²) < 4.78 is 1.78. The third kappa shape index (κ3) is 2.80. The molecule has 90 valence electrons. The molecule has 0 spiro atoms. The number of imidazole rings is 1. The van der Waals surface area contributed by atoms with Gasteiger partial charge in [-0.1, -0.05) is 23.2 Å². The minimum atomic E-state index is -0.640. The van der Waals surface area contributed by atoms with E-state index in [1.807, 2.05) is 7.05 Å². The zero-order valence-electron chi connectivity index (χ0n) is 9.27. The van der Waals surface area contributed by atoms with Crippen LogP contribution in [0, 0.1) is 0 Å². The molecular weight excluding hydrogens is 259 g/mol. The zero-order valence-corrected chi connectivity index (χ0v) is 10.8. The van der Waals surface area contributed by atoms with Gasteiger partial charge in [0.05, 0.1) is 24.3 Å². The van der Waals surface area contributed by atoms with Crippen molar-refractivity contribution in [3.05, 3.63) is 52.0 Å². The van der Waals surface area contributed by atoms with Gasteiger partial charge < -0.3 is 9.67 Å². The average Bonchev–Trinajstić information content (AvgIpc) is 2.70. The quantitative estimate of drug-likeness (QED) is 0.931. The van der Waals surface area contributed by atoms with Gasteiger partial charge in [-0.3, -0.25) is 0 Å². The predicted molar refractivity (Wildman–Crippen MR) is 68.3 cm³/mol. The van der Waals surface area contributed by atoms with Crippen LogP contribution in [0.5, 0.6) is 0 Å². The van der Waals surface area contributed by atoms with E-state index in [1.54, 1.807) is 35.3 Å². The molecule has 3 nitrogen and oxygen atoms in total. The molecule has 0 aliphatic rings. The van der Waals surface area contributed by atoms with Crippen molar-refractivity contribution in [2.45, 2.75) is 12.5 Å². The van der Waals surface area contributed by atoms with E-state index in [2.05, 4.69) is 4.98 Å². The maximum absolute atomic E-state index is 10.1. The SMILES string of the molecule is Cn1cncc1C(O)Cc1cc(Cl)ccc1Cl. The summed E-state index contributed by atoms with van der Waals surface area (Å²) >= 11 is 11.9. The van der Waals surface area contributed by atoms with Crippen LogP contribution in [0.1, 0.15) is 17.4 Å². The van der Waals surface area contributed by atoms with E-state index in [9.17, 15) is 5.11 Å². The van der Waals surface area contributed by atoms with Crippen molar-refractivity contribution >= 4 is 23.2 Å². The van der Waals surface area contributed by atoms with Gasteiger partial charge in [-0.2, -0.15) is 0 Å². The van der Waals surface area contributed by atoms with Crippen molar-refractivity contribution in [1.82, 2.24) is 9.55 Å². The van der Waals surface area contributed by atoms with E-state index in [0.717, 1.165) is 11.3 Å². The molecule has 1 aromatic carbocycles. The molecule has 1 atom stereocenters. The van der Waals surface area contributed by atoms with Gasteiger partial charge in [-0.25, -0.2) is 4.98 Å². The maximum Gasteiger partial charge on any atom is 0.0996 e. The second-order valence-electron chi connectivity index (χ2n) is 3.89. The highest BCUT2D eigenvalue weighted by Gasteiger charge is 2.14. The molecule has 17 heavy (non-hydrogen) atoms. The molecule has 0 bridgehead atoms. The summed E-state index contributed by atoms with van der Waals surface area (Å²) in [6, 6.07) is 5.22. The summed E-state index contributed by atoms with van der Waals surface area (Å²) in [7, 11) is 1.84. The van der Waals surface area contributed by atoms with Crippen LogP contribution in [0.4, 0.5) is 0 Å². The number of rotatable bonds is 3. The number of hydrogen-bond donors (Lipinski definition) is 1. The van der Waals surface area contributed by atoms with Crippen LogP contribution >= 0.6 is 23.2 Å². The Morgan fingerprint density at radius 2 is 2.18 bits per heavy atom. The van der Waals surface area contributed by atoms with Crippen molar-refractivity contribution in [3.63, 3.8) is 0 Å². The molecule has 1 heterocycles. The molecule has 1 unspecified atom stereocenters. The molecule has 0 aliphatic carbocycles. The fourth-order valence-corrected chi connectivity index (χ4v) is 2.09. The lowest BCUT2D eigenvalue weighted by atomic mass is 10.1. The van der Waals surface area contributed by atoms with E-state index in [0.29, 0.717) is 16.5 Å². The first-order valence-corrected chi connectivity index (χ1v) is 5.91. The van der Waals surface area contributed by atoms with Crippen LogP contribution in [0.25, 0.3) is 0 Å². The Bertz CT molecular complexity index is 525. The fourth-order valence-electron chi connectivity index (χ4n) is 1.70. The predicted octanol–water partition coefficient (Wildman–Crippen LogP) is 3.00. The van der Waals surface area contributed by atoms with E-state index >= 15 is 0 Å². The molecule has 0 amide bonds. The number of aliphatic hydroxyl groups excluding tert-OH is 1. The highest BCUT2D eigenvalue weighted by atomic mass is 35.5.